The third-order valence-electron chi connectivity index (χ3n) is 4.98. The van der Waals surface area contributed by atoms with Crippen LogP contribution in [0.25, 0.3) is 6.08 Å². The minimum atomic E-state index is -0.348. The summed E-state index contributed by atoms with van der Waals surface area (Å²) in [6.07, 6.45) is 2.78. The van der Waals surface area contributed by atoms with E-state index >= 15 is 0 Å². The lowest BCUT2D eigenvalue weighted by atomic mass is 9.79. The Kier molecular flexibility index (Phi) is 5.03. The normalized spacial score (nSPS) is 19.5. The van der Waals surface area contributed by atoms with E-state index in [2.05, 4.69) is 50.0 Å². The Labute approximate surface area is 145 Å². The van der Waals surface area contributed by atoms with E-state index in [9.17, 15) is 10.1 Å². The molecule has 2 rings (SSSR count). The maximum Gasteiger partial charge on any atom is 0.261 e. The van der Waals surface area contributed by atoms with Crippen LogP contribution < -0.4 is 10.2 Å². The number of amides is 1. The van der Waals surface area contributed by atoms with Crippen molar-refractivity contribution in [3.05, 3.63) is 34.4 Å². The van der Waals surface area contributed by atoms with Gasteiger partial charge in [0.15, 0.2) is 0 Å². The zero-order chi connectivity index (χ0) is 18.1. The van der Waals surface area contributed by atoms with Gasteiger partial charge in [-0.3, -0.25) is 4.79 Å². The van der Waals surface area contributed by atoms with E-state index in [4.69, 9.17) is 0 Å². The Morgan fingerprint density at radius 3 is 2.71 bits per heavy atom. The number of fused-ring (bicyclic) bond motifs is 1. The maximum absolute atomic E-state index is 11.8. The number of anilines is 1. The standard InChI is InChI=1S/C20H27N3O/c1-7-23-18-8-13(2)15(9-16(12-21)19(24)22-6)10-17(18)14(3)11-20(23,4)5/h8-10,14H,7,11H2,1-6H3,(H,22,24)/b16-9-. The third-order valence-corrected chi connectivity index (χ3v) is 4.98. The first-order valence-corrected chi connectivity index (χ1v) is 8.51. The lowest BCUT2D eigenvalue weighted by Gasteiger charge is -2.47. The SMILES string of the molecule is CCN1c2cc(C)c(/C=C(/C#N)C(=O)NC)cc2C(C)CC1(C)C. The monoisotopic (exact) mass is 325 g/mol. The van der Waals surface area contributed by atoms with Gasteiger partial charge in [0.1, 0.15) is 11.6 Å². The van der Waals surface area contributed by atoms with Crippen molar-refractivity contribution in [3.8, 4) is 6.07 Å². The fraction of sp³-hybridized carbons (Fsp3) is 0.500. The second-order valence-electron chi connectivity index (χ2n) is 7.18. The van der Waals surface area contributed by atoms with Crippen LogP contribution in [-0.2, 0) is 4.79 Å². The second kappa shape index (κ2) is 6.68. The Hall–Kier alpha value is -2.28. The Morgan fingerprint density at radius 2 is 2.17 bits per heavy atom. The summed E-state index contributed by atoms with van der Waals surface area (Å²) in [5.41, 5.74) is 4.85. The van der Waals surface area contributed by atoms with Crippen LogP contribution in [0.4, 0.5) is 5.69 Å². The minimum absolute atomic E-state index is 0.130. The van der Waals surface area contributed by atoms with Gasteiger partial charge in [0.25, 0.3) is 5.91 Å². The number of benzene rings is 1. The van der Waals surface area contributed by atoms with E-state index in [1.54, 1.807) is 6.08 Å². The summed E-state index contributed by atoms with van der Waals surface area (Å²) in [7, 11) is 1.54. The van der Waals surface area contributed by atoms with Crippen LogP contribution in [0.15, 0.2) is 17.7 Å². The van der Waals surface area contributed by atoms with Gasteiger partial charge in [-0.15, -0.1) is 0 Å². The van der Waals surface area contributed by atoms with Crippen LogP contribution in [0.3, 0.4) is 0 Å². The highest BCUT2D eigenvalue weighted by Gasteiger charge is 2.35. The van der Waals surface area contributed by atoms with E-state index in [1.807, 2.05) is 13.0 Å². The van der Waals surface area contributed by atoms with Gasteiger partial charge in [-0.05, 0) is 74.9 Å². The number of aryl methyl sites for hydroxylation is 1. The molecule has 0 bridgehead atoms. The number of likely N-dealkylation sites (N-methyl/N-ethyl adjacent to an activating group) is 1. The van der Waals surface area contributed by atoms with Gasteiger partial charge in [-0.2, -0.15) is 5.26 Å². The van der Waals surface area contributed by atoms with Gasteiger partial charge < -0.3 is 10.2 Å². The van der Waals surface area contributed by atoms with E-state index < -0.39 is 0 Å². The van der Waals surface area contributed by atoms with Crippen molar-refractivity contribution in [2.75, 3.05) is 18.5 Å². The summed E-state index contributed by atoms with van der Waals surface area (Å²) in [6.45, 7) is 12.0. The highest BCUT2D eigenvalue weighted by molar-refractivity contribution is 6.01. The maximum atomic E-state index is 11.8. The molecule has 0 saturated heterocycles. The van der Waals surface area contributed by atoms with Gasteiger partial charge in [0.2, 0.25) is 0 Å². The predicted octanol–water partition coefficient (Wildman–Crippen LogP) is 3.76. The molecule has 0 radical (unpaired) electrons. The average Bonchev–Trinajstić information content (AvgIpc) is 2.52. The van der Waals surface area contributed by atoms with Crippen molar-refractivity contribution < 1.29 is 4.79 Å². The molecule has 1 unspecified atom stereocenters. The molecular weight excluding hydrogens is 298 g/mol. The summed E-state index contributed by atoms with van der Waals surface area (Å²) in [6, 6.07) is 6.33. The molecule has 4 heteroatoms. The van der Waals surface area contributed by atoms with Crippen molar-refractivity contribution in [1.29, 1.82) is 5.26 Å². The first-order valence-electron chi connectivity index (χ1n) is 8.51. The average molecular weight is 325 g/mol. The molecule has 1 aliphatic rings. The molecule has 0 saturated carbocycles. The van der Waals surface area contributed by atoms with Crippen molar-refractivity contribution in [2.24, 2.45) is 0 Å². The number of hydrogen-bond donors (Lipinski definition) is 1. The summed E-state index contributed by atoms with van der Waals surface area (Å²) < 4.78 is 0. The molecule has 24 heavy (non-hydrogen) atoms. The van der Waals surface area contributed by atoms with Crippen LogP contribution in [0.2, 0.25) is 0 Å². The van der Waals surface area contributed by atoms with E-state index in [0.717, 1.165) is 24.1 Å². The Bertz CT molecular complexity index is 725. The van der Waals surface area contributed by atoms with Gasteiger partial charge >= 0.3 is 0 Å². The fourth-order valence-electron chi connectivity index (χ4n) is 3.84. The molecular formula is C20H27N3O. The zero-order valence-electron chi connectivity index (χ0n) is 15.5. The topological polar surface area (TPSA) is 56.1 Å². The molecule has 1 atom stereocenters. The molecule has 1 aromatic carbocycles. The Morgan fingerprint density at radius 1 is 1.50 bits per heavy atom. The molecule has 0 fully saturated rings. The smallest absolute Gasteiger partial charge is 0.261 e. The summed E-state index contributed by atoms with van der Waals surface area (Å²) >= 11 is 0. The Balaban J connectivity index is 2.59. The van der Waals surface area contributed by atoms with Crippen molar-refractivity contribution >= 4 is 17.7 Å². The summed E-state index contributed by atoms with van der Waals surface area (Å²) in [5.74, 6) is 0.0927. The number of carbonyl (C=O) groups is 1. The highest BCUT2D eigenvalue weighted by Crippen LogP contribution is 2.44. The highest BCUT2D eigenvalue weighted by atomic mass is 16.1. The van der Waals surface area contributed by atoms with Gasteiger partial charge in [0, 0.05) is 24.8 Å². The number of rotatable bonds is 3. The fourth-order valence-corrected chi connectivity index (χ4v) is 3.84. The second-order valence-corrected chi connectivity index (χ2v) is 7.18. The number of nitriles is 1. The van der Waals surface area contributed by atoms with Crippen molar-refractivity contribution in [1.82, 2.24) is 5.32 Å². The molecule has 1 heterocycles. The van der Waals surface area contributed by atoms with Crippen LogP contribution in [0.5, 0.6) is 0 Å². The van der Waals surface area contributed by atoms with Crippen molar-refractivity contribution in [3.63, 3.8) is 0 Å². The quantitative estimate of drug-likeness (QED) is 0.680. The number of hydrogen-bond acceptors (Lipinski definition) is 3. The molecule has 1 amide bonds. The summed E-state index contributed by atoms with van der Waals surface area (Å²) in [4.78, 5) is 14.2. The van der Waals surface area contributed by atoms with Crippen LogP contribution in [-0.4, -0.2) is 25.0 Å². The number of nitrogens with one attached hydrogen (secondary N) is 1. The predicted molar refractivity (Wildman–Crippen MR) is 99.0 cm³/mol. The van der Waals surface area contributed by atoms with E-state index in [0.29, 0.717) is 5.92 Å². The molecule has 0 spiro atoms. The first kappa shape index (κ1) is 18.1. The minimum Gasteiger partial charge on any atom is -0.366 e. The van der Waals surface area contributed by atoms with E-state index in [-0.39, 0.29) is 17.0 Å². The molecule has 128 valence electrons. The van der Waals surface area contributed by atoms with Gasteiger partial charge in [-0.1, -0.05) is 6.92 Å². The first-order chi connectivity index (χ1) is 11.2. The molecule has 4 nitrogen and oxygen atoms in total. The van der Waals surface area contributed by atoms with Crippen LogP contribution in [0, 0.1) is 18.3 Å². The third kappa shape index (κ3) is 3.17. The van der Waals surface area contributed by atoms with Gasteiger partial charge in [-0.25, -0.2) is 0 Å². The summed E-state index contributed by atoms with van der Waals surface area (Å²) in [5, 5.41) is 11.7. The molecule has 1 N–H and O–H groups in total. The molecule has 1 aromatic rings. The largest absolute Gasteiger partial charge is 0.366 e. The lowest BCUT2D eigenvalue weighted by molar-refractivity contribution is -0.116. The molecule has 0 aliphatic carbocycles. The number of carbonyl (C=O) groups excluding carboxylic acids is 1. The van der Waals surface area contributed by atoms with Crippen molar-refractivity contribution in [2.45, 2.75) is 52.5 Å². The molecule has 0 aromatic heterocycles. The van der Waals surface area contributed by atoms with E-state index in [1.165, 1.54) is 18.3 Å². The number of nitrogens with zero attached hydrogens (tertiary/aromatic N) is 2. The molecule has 1 aliphatic heterocycles. The van der Waals surface area contributed by atoms with Crippen LogP contribution >= 0.6 is 0 Å². The van der Waals surface area contributed by atoms with Crippen LogP contribution in [0.1, 0.15) is 56.7 Å². The lowest BCUT2D eigenvalue weighted by Crippen LogP contribution is -2.48. The zero-order valence-corrected chi connectivity index (χ0v) is 15.5. The van der Waals surface area contributed by atoms with Gasteiger partial charge in [0.05, 0.1) is 0 Å².